The van der Waals surface area contributed by atoms with E-state index >= 15 is 0 Å². The number of halogens is 3. The second kappa shape index (κ2) is 5.36. The van der Waals surface area contributed by atoms with E-state index < -0.39 is 0 Å². The van der Waals surface area contributed by atoms with Gasteiger partial charge in [-0.15, -0.1) is 0 Å². The molecule has 1 heterocycles. The summed E-state index contributed by atoms with van der Waals surface area (Å²) >= 11 is 6.78. The summed E-state index contributed by atoms with van der Waals surface area (Å²) in [7, 11) is 0. The van der Waals surface area contributed by atoms with Gasteiger partial charge in [0.25, 0.3) is 0 Å². The highest BCUT2D eigenvalue weighted by molar-refractivity contribution is 9.10. The molecule has 0 saturated heterocycles. The topological polar surface area (TPSA) is 13.1 Å². The van der Waals surface area contributed by atoms with Crippen LogP contribution in [0.25, 0.3) is 11.1 Å². The third-order valence-corrected chi connectivity index (χ3v) is 3.80. The molecule has 90 valence electrons. The maximum atomic E-state index is 13.3. The Balaban J connectivity index is 2.57. The Morgan fingerprint density at radius 1 is 1.29 bits per heavy atom. The summed E-state index contributed by atoms with van der Waals surface area (Å²) in [5.41, 5.74) is 2.86. The first-order valence-electron chi connectivity index (χ1n) is 5.27. The lowest BCUT2D eigenvalue weighted by Gasteiger charge is -2.08. The van der Waals surface area contributed by atoms with Crippen LogP contribution in [0.4, 0.5) is 4.39 Å². The van der Waals surface area contributed by atoms with Crippen molar-refractivity contribution in [3.8, 4) is 11.1 Å². The fourth-order valence-corrected chi connectivity index (χ4v) is 2.90. The molecule has 0 atom stereocenters. The quantitative estimate of drug-likeness (QED) is 0.675. The van der Waals surface area contributed by atoms with E-state index in [-0.39, 0.29) is 5.82 Å². The summed E-state index contributed by atoms with van der Waals surface area (Å²) in [4.78, 5) is 0. The molecule has 2 aromatic rings. The van der Waals surface area contributed by atoms with E-state index in [0.29, 0.717) is 5.33 Å². The molecule has 2 rings (SSSR count). The van der Waals surface area contributed by atoms with Crippen LogP contribution in [0.2, 0.25) is 0 Å². The molecule has 0 fully saturated rings. The first-order valence-corrected chi connectivity index (χ1v) is 7.18. The number of aryl methyl sites for hydroxylation is 1. The maximum Gasteiger partial charge on any atom is 0.124 e. The van der Waals surface area contributed by atoms with Gasteiger partial charge in [0, 0.05) is 27.4 Å². The zero-order valence-electron chi connectivity index (χ0n) is 9.27. The Bertz CT molecular complexity index is 534. The third kappa shape index (κ3) is 2.63. The van der Waals surface area contributed by atoms with Gasteiger partial charge < -0.3 is 4.42 Å². The zero-order valence-corrected chi connectivity index (χ0v) is 12.4. The van der Waals surface area contributed by atoms with E-state index in [1.54, 1.807) is 6.26 Å². The van der Waals surface area contributed by atoms with Gasteiger partial charge in [-0.05, 0) is 23.8 Å². The Morgan fingerprint density at radius 2 is 2.06 bits per heavy atom. The minimum absolute atomic E-state index is 0.241. The van der Waals surface area contributed by atoms with Crippen LogP contribution in [-0.4, -0.2) is 0 Å². The third-order valence-electron chi connectivity index (χ3n) is 2.57. The molecule has 17 heavy (non-hydrogen) atoms. The molecule has 0 radical (unpaired) electrons. The van der Waals surface area contributed by atoms with Gasteiger partial charge in [-0.1, -0.05) is 38.8 Å². The number of furan rings is 1. The predicted molar refractivity (Wildman–Crippen MR) is 73.8 cm³/mol. The van der Waals surface area contributed by atoms with Crippen molar-refractivity contribution in [1.29, 1.82) is 0 Å². The smallest absolute Gasteiger partial charge is 0.124 e. The Kier molecular flexibility index (Phi) is 4.05. The minimum Gasteiger partial charge on any atom is -0.469 e. The molecule has 0 unspecified atom stereocenters. The second-order valence-electron chi connectivity index (χ2n) is 3.71. The Morgan fingerprint density at radius 3 is 2.65 bits per heavy atom. The molecular weight excluding hydrogens is 351 g/mol. The summed E-state index contributed by atoms with van der Waals surface area (Å²) in [6.07, 6.45) is 2.56. The van der Waals surface area contributed by atoms with Crippen LogP contribution in [0.15, 0.2) is 33.4 Å². The maximum absolute atomic E-state index is 13.3. The Hall–Kier alpha value is -0.610. The molecule has 1 nitrogen and oxygen atoms in total. The summed E-state index contributed by atoms with van der Waals surface area (Å²) in [5, 5.41) is 0.603. The summed E-state index contributed by atoms with van der Waals surface area (Å²) in [6, 6.07) is 5.00. The fraction of sp³-hybridized carbons (Fsp3) is 0.231. The molecule has 0 aliphatic heterocycles. The summed E-state index contributed by atoms with van der Waals surface area (Å²) < 4.78 is 19.5. The standard InChI is InChI=1S/C13H11Br2FO/c1-2-11-4-9(7-17-11)13-8(6-14)3-10(16)5-12(13)15/h3-5,7H,2,6H2,1H3. The highest BCUT2D eigenvalue weighted by atomic mass is 79.9. The molecule has 4 heteroatoms. The van der Waals surface area contributed by atoms with Crippen molar-refractivity contribution < 1.29 is 8.81 Å². The van der Waals surface area contributed by atoms with Crippen LogP contribution in [0.5, 0.6) is 0 Å². The van der Waals surface area contributed by atoms with Crippen LogP contribution in [0.1, 0.15) is 18.2 Å². The van der Waals surface area contributed by atoms with Gasteiger partial charge >= 0.3 is 0 Å². The van der Waals surface area contributed by atoms with Gasteiger partial charge in [-0.3, -0.25) is 0 Å². The van der Waals surface area contributed by atoms with E-state index in [2.05, 4.69) is 31.9 Å². The van der Waals surface area contributed by atoms with Crippen molar-refractivity contribution in [2.75, 3.05) is 0 Å². The molecular formula is C13H11Br2FO. The lowest BCUT2D eigenvalue weighted by Crippen LogP contribution is -1.89. The van der Waals surface area contributed by atoms with Crippen LogP contribution >= 0.6 is 31.9 Å². The summed E-state index contributed by atoms with van der Waals surface area (Å²) in [6.45, 7) is 2.04. The van der Waals surface area contributed by atoms with E-state index in [4.69, 9.17) is 4.42 Å². The average molecular weight is 362 g/mol. The lowest BCUT2D eigenvalue weighted by atomic mass is 10.0. The predicted octanol–water partition coefficient (Wildman–Crippen LogP) is 5.31. The van der Waals surface area contributed by atoms with Crippen molar-refractivity contribution >= 4 is 31.9 Å². The molecule has 0 saturated carbocycles. The molecule has 1 aromatic heterocycles. The largest absolute Gasteiger partial charge is 0.469 e. The second-order valence-corrected chi connectivity index (χ2v) is 5.13. The van der Waals surface area contributed by atoms with Crippen molar-refractivity contribution in [3.63, 3.8) is 0 Å². The van der Waals surface area contributed by atoms with Crippen LogP contribution in [0, 0.1) is 5.82 Å². The number of rotatable bonds is 3. The molecule has 0 aliphatic carbocycles. The van der Waals surface area contributed by atoms with E-state index in [1.165, 1.54) is 12.1 Å². The normalized spacial score (nSPS) is 10.8. The SMILES string of the molecule is CCc1cc(-c2c(Br)cc(F)cc2CBr)co1. The Labute approximate surface area is 116 Å². The van der Waals surface area contributed by atoms with Gasteiger partial charge in [0.1, 0.15) is 11.6 Å². The van der Waals surface area contributed by atoms with Gasteiger partial charge in [0.05, 0.1) is 6.26 Å². The zero-order chi connectivity index (χ0) is 12.4. The van der Waals surface area contributed by atoms with Crippen molar-refractivity contribution in [3.05, 3.63) is 46.1 Å². The molecule has 0 N–H and O–H groups in total. The number of benzene rings is 1. The van der Waals surface area contributed by atoms with Gasteiger partial charge in [-0.25, -0.2) is 4.39 Å². The highest BCUT2D eigenvalue weighted by Crippen LogP contribution is 2.35. The molecule has 0 spiro atoms. The van der Waals surface area contributed by atoms with E-state index in [9.17, 15) is 4.39 Å². The molecule has 1 aromatic carbocycles. The minimum atomic E-state index is -0.241. The highest BCUT2D eigenvalue weighted by Gasteiger charge is 2.13. The first-order chi connectivity index (χ1) is 8.15. The molecule has 0 aliphatic rings. The molecule has 0 amide bonds. The number of alkyl halides is 1. The lowest BCUT2D eigenvalue weighted by molar-refractivity contribution is 0.516. The van der Waals surface area contributed by atoms with Crippen molar-refractivity contribution in [2.24, 2.45) is 0 Å². The number of hydrogen-bond donors (Lipinski definition) is 0. The van der Waals surface area contributed by atoms with Gasteiger partial charge in [0.2, 0.25) is 0 Å². The van der Waals surface area contributed by atoms with Crippen LogP contribution < -0.4 is 0 Å². The summed E-state index contributed by atoms with van der Waals surface area (Å²) in [5.74, 6) is 0.686. The van der Waals surface area contributed by atoms with Gasteiger partial charge in [-0.2, -0.15) is 0 Å². The van der Waals surface area contributed by atoms with E-state index in [0.717, 1.165) is 33.3 Å². The average Bonchev–Trinajstić information content (AvgIpc) is 2.76. The number of hydrogen-bond acceptors (Lipinski definition) is 1. The van der Waals surface area contributed by atoms with Crippen LogP contribution in [0.3, 0.4) is 0 Å². The van der Waals surface area contributed by atoms with Crippen molar-refractivity contribution in [1.82, 2.24) is 0 Å². The van der Waals surface area contributed by atoms with E-state index in [1.807, 2.05) is 13.0 Å². The van der Waals surface area contributed by atoms with Crippen LogP contribution in [-0.2, 0) is 11.8 Å². The van der Waals surface area contributed by atoms with Gasteiger partial charge in [0.15, 0.2) is 0 Å². The monoisotopic (exact) mass is 360 g/mol. The van der Waals surface area contributed by atoms with Crippen molar-refractivity contribution in [2.45, 2.75) is 18.7 Å². The first kappa shape index (κ1) is 12.8. The molecule has 0 bridgehead atoms. The fourth-order valence-electron chi connectivity index (χ4n) is 1.75.